The molecule has 0 atom stereocenters. The minimum absolute atomic E-state index is 0.0572. The van der Waals surface area contributed by atoms with Crippen molar-refractivity contribution in [3.05, 3.63) is 65.2 Å². The molecule has 0 aromatic heterocycles. The Morgan fingerprint density at radius 2 is 1.80 bits per heavy atom. The Bertz CT molecular complexity index is 769. The first kappa shape index (κ1) is 18.3. The summed E-state index contributed by atoms with van der Waals surface area (Å²) in [5, 5.41) is 12.0. The number of nitrogens with zero attached hydrogens (tertiary/aromatic N) is 1. The number of nitriles is 1. The maximum absolute atomic E-state index is 12.3. The van der Waals surface area contributed by atoms with Crippen molar-refractivity contribution in [3.8, 4) is 11.8 Å². The molecule has 0 aliphatic carbocycles. The SMILES string of the molecule is CCCOc1ccc(C=C(C#N)C(=O)Nc2ccc(CC)cc2)cc1. The molecule has 0 heterocycles. The zero-order valence-electron chi connectivity index (χ0n) is 14.6. The van der Waals surface area contributed by atoms with Crippen molar-refractivity contribution in [2.75, 3.05) is 11.9 Å². The van der Waals surface area contributed by atoms with Gasteiger partial charge in [0.2, 0.25) is 0 Å². The van der Waals surface area contributed by atoms with E-state index >= 15 is 0 Å². The van der Waals surface area contributed by atoms with Gasteiger partial charge in [-0.3, -0.25) is 4.79 Å². The van der Waals surface area contributed by atoms with Gasteiger partial charge in [-0.2, -0.15) is 5.26 Å². The number of ether oxygens (including phenoxy) is 1. The van der Waals surface area contributed by atoms with Crippen molar-refractivity contribution in [2.45, 2.75) is 26.7 Å². The number of carbonyl (C=O) groups is 1. The lowest BCUT2D eigenvalue weighted by Crippen LogP contribution is -2.13. The number of hydrogen-bond acceptors (Lipinski definition) is 3. The first-order chi connectivity index (χ1) is 12.2. The summed E-state index contributed by atoms with van der Waals surface area (Å²) < 4.78 is 5.52. The van der Waals surface area contributed by atoms with Crippen LogP contribution in [-0.2, 0) is 11.2 Å². The molecule has 0 saturated heterocycles. The fourth-order valence-electron chi connectivity index (χ4n) is 2.22. The predicted octanol–water partition coefficient (Wildman–Crippen LogP) is 4.58. The molecule has 128 valence electrons. The van der Waals surface area contributed by atoms with Crippen LogP contribution in [-0.4, -0.2) is 12.5 Å². The van der Waals surface area contributed by atoms with E-state index in [1.165, 1.54) is 5.56 Å². The van der Waals surface area contributed by atoms with E-state index in [2.05, 4.69) is 12.2 Å². The number of benzene rings is 2. The van der Waals surface area contributed by atoms with Crippen LogP contribution in [0, 0.1) is 11.3 Å². The molecular weight excluding hydrogens is 312 g/mol. The van der Waals surface area contributed by atoms with Crippen molar-refractivity contribution in [1.82, 2.24) is 0 Å². The van der Waals surface area contributed by atoms with Crippen molar-refractivity contribution < 1.29 is 9.53 Å². The van der Waals surface area contributed by atoms with Gasteiger partial charge in [0, 0.05) is 5.69 Å². The molecule has 2 rings (SSSR count). The molecule has 0 bridgehead atoms. The van der Waals surface area contributed by atoms with Crippen LogP contribution in [0.4, 0.5) is 5.69 Å². The highest BCUT2D eigenvalue weighted by atomic mass is 16.5. The molecular formula is C21H22N2O2. The lowest BCUT2D eigenvalue weighted by molar-refractivity contribution is -0.112. The highest BCUT2D eigenvalue weighted by Gasteiger charge is 2.09. The standard InChI is InChI=1S/C21H22N2O2/c1-3-13-25-20-11-7-17(8-12-20)14-18(15-22)21(24)23-19-9-5-16(4-2)6-10-19/h5-12,14H,3-4,13H2,1-2H3,(H,23,24). The molecule has 0 unspecified atom stereocenters. The molecule has 0 saturated carbocycles. The quantitative estimate of drug-likeness (QED) is 0.595. The summed E-state index contributed by atoms with van der Waals surface area (Å²) in [7, 11) is 0. The van der Waals surface area contributed by atoms with E-state index in [1.807, 2.05) is 61.5 Å². The van der Waals surface area contributed by atoms with Crippen molar-refractivity contribution in [2.24, 2.45) is 0 Å². The number of amides is 1. The average molecular weight is 334 g/mol. The van der Waals surface area contributed by atoms with Gasteiger partial charge in [-0.15, -0.1) is 0 Å². The molecule has 25 heavy (non-hydrogen) atoms. The molecule has 0 aliphatic heterocycles. The zero-order valence-corrected chi connectivity index (χ0v) is 14.6. The molecule has 2 aromatic carbocycles. The molecule has 0 spiro atoms. The minimum atomic E-state index is -0.418. The van der Waals surface area contributed by atoms with Crippen LogP contribution in [0.1, 0.15) is 31.4 Å². The summed E-state index contributed by atoms with van der Waals surface area (Å²) in [5.41, 5.74) is 2.70. The number of rotatable bonds is 7. The Balaban J connectivity index is 2.07. The van der Waals surface area contributed by atoms with E-state index in [4.69, 9.17) is 4.74 Å². The van der Waals surface area contributed by atoms with E-state index in [0.717, 1.165) is 24.2 Å². The Morgan fingerprint density at radius 3 is 2.36 bits per heavy atom. The maximum atomic E-state index is 12.3. The van der Waals surface area contributed by atoms with Crippen LogP contribution >= 0.6 is 0 Å². The Labute approximate surface area is 148 Å². The normalized spacial score (nSPS) is 10.8. The van der Waals surface area contributed by atoms with Gasteiger partial charge in [-0.25, -0.2) is 0 Å². The van der Waals surface area contributed by atoms with E-state index in [9.17, 15) is 10.1 Å². The monoisotopic (exact) mass is 334 g/mol. The largest absolute Gasteiger partial charge is 0.494 e. The maximum Gasteiger partial charge on any atom is 0.266 e. The topological polar surface area (TPSA) is 62.1 Å². The lowest BCUT2D eigenvalue weighted by atomic mass is 10.1. The van der Waals surface area contributed by atoms with Gasteiger partial charge >= 0.3 is 0 Å². The van der Waals surface area contributed by atoms with Gasteiger partial charge in [0.05, 0.1) is 6.61 Å². The van der Waals surface area contributed by atoms with Gasteiger partial charge < -0.3 is 10.1 Å². The van der Waals surface area contributed by atoms with Gasteiger partial charge in [0.1, 0.15) is 17.4 Å². The van der Waals surface area contributed by atoms with E-state index in [0.29, 0.717) is 12.3 Å². The van der Waals surface area contributed by atoms with E-state index in [-0.39, 0.29) is 5.57 Å². The fraction of sp³-hybridized carbons (Fsp3) is 0.238. The van der Waals surface area contributed by atoms with Gasteiger partial charge in [-0.1, -0.05) is 38.1 Å². The summed E-state index contributed by atoms with van der Waals surface area (Å²) in [5.74, 6) is 0.357. The summed E-state index contributed by atoms with van der Waals surface area (Å²) >= 11 is 0. The molecule has 4 heteroatoms. The lowest BCUT2D eigenvalue weighted by Gasteiger charge is -2.06. The second-order valence-electron chi connectivity index (χ2n) is 5.59. The second-order valence-corrected chi connectivity index (χ2v) is 5.59. The van der Waals surface area contributed by atoms with Crippen LogP contribution in [0.5, 0.6) is 5.75 Å². The average Bonchev–Trinajstić information content (AvgIpc) is 2.65. The van der Waals surface area contributed by atoms with Gasteiger partial charge in [0.25, 0.3) is 5.91 Å². The van der Waals surface area contributed by atoms with E-state index < -0.39 is 5.91 Å². The Kier molecular flexibility index (Phi) is 6.79. The number of nitrogens with one attached hydrogen (secondary N) is 1. The van der Waals surface area contributed by atoms with Gasteiger partial charge in [0.15, 0.2) is 0 Å². The third kappa shape index (κ3) is 5.50. The first-order valence-electron chi connectivity index (χ1n) is 8.41. The molecule has 4 nitrogen and oxygen atoms in total. The summed E-state index contributed by atoms with van der Waals surface area (Å²) in [4.78, 5) is 12.3. The number of anilines is 1. The molecule has 0 fully saturated rings. The van der Waals surface area contributed by atoms with Crippen LogP contribution < -0.4 is 10.1 Å². The van der Waals surface area contributed by atoms with Crippen LogP contribution in [0.25, 0.3) is 6.08 Å². The zero-order chi connectivity index (χ0) is 18.1. The predicted molar refractivity (Wildman–Crippen MR) is 100 cm³/mol. The molecule has 0 aliphatic rings. The van der Waals surface area contributed by atoms with Crippen LogP contribution in [0.2, 0.25) is 0 Å². The Morgan fingerprint density at radius 1 is 1.12 bits per heavy atom. The van der Waals surface area contributed by atoms with Gasteiger partial charge in [-0.05, 0) is 54.3 Å². The van der Waals surface area contributed by atoms with Crippen LogP contribution in [0.15, 0.2) is 54.1 Å². The number of hydrogen-bond donors (Lipinski definition) is 1. The van der Waals surface area contributed by atoms with Crippen molar-refractivity contribution in [1.29, 1.82) is 5.26 Å². The number of carbonyl (C=O) groups excluding carboxylic acids is 1. The minimum Gasteiger partial charge on any atom is -0.494 e. The third-order valence-electron chi connectivity index (χ3n) is 3.65. The highest BCUT2D eigenvalue weighted by Crippen LogP contribution is 2.16. The highest BCUT2D eigenvalue weighted by molar-refractivity contribution is 6.09. The summed E-state index contributed by atoms with van der Waals surface area (Å²) in [6.07, 6.45) is 3.45. The van der Waals surface area contributed by atoms with Crippen molar-refractivity contribution in [3.63, 3.8) is 0 Å². The Hall–Kier alpha value is -3.06. The fourth-order valence-corrected chi connectivity index (χ4v) is 2.22. The second kappa shape index (κ2) is 9.29. The molecule has 2 aromatic rings. The van der Waals surface area contributed by atoms with Crippen LogP contribution in [0.3, 0.4) is 0 Å². The first-order valence-corrected chi connectivity index (χ1v) is 8.41. The summed E-state index contributed by atoms with van der Waals surface area (Å²) in [6, 6.07) is 16.9. The molecule has 1 N–H and O–H groups in total. The summed E-state index contributed by atoms with van der Waals surface area (Å²) in [6.45, 7) is 4.78. The van der Waals surface area contributed by atoms with Crippen molar-refractivity contribution >= 4 is 17.7 Å². The smallest absolute Gasteiger partial charge is 0.266 e. The molecule has 1 amide bonds. The number of aryl methyl sites for hydroxylation is 1. The molecule has 0 radical (unpaired) electrons. The van der Waals surface area contributed by atoms with E-state index in [1.54, 1.807) is 6.08 Å². The third-order valence-corrected chi connectivity index (χ3v) is 3.65.